The van der Waals surface area contributed by atoms with Crippen molar-refractivity contribution in [3.8, 4) is 11.3 Å². The molecule has 1 saturated heterocycles. The summed E-state index contributed by atoms with van der Waals surface area (Å²) in [6, 6.07) is 14.6. The van der Waals surface area contributed by atoms with Crippen LogP contribution < -0.4 is 10.7 Å². The van der Waals surface area contributed by atoms with Crippen LogP contribution in [0.4, 0.5) is 5.69 Å². The van der Waals surface area contributed by atoms with Gasteiger partial charge in [0, 0.05) is 30.0 Å². The molecule has 2 aromatic carbocycles. The van der Waals surface area contributed by atoms with Gasteiger partial charge in [0.1, 0.15) is 17.4 Å². The lowest BCUT2D eigenvalue weighted by atomic mass is 9.86. The number of fused-ring (bicyclic) bond motifs is 1. The predicted molar refractivity (Wildman–Crippen MR) is 114 cm³/mol. The van der Waals surface area contributed by atoms with Gasteiger partial charge in [0.05, 0.1) is 5.39 Å². The summed E-state index contributed by atoms with van der Waals surface area (Å²) in [4.78, 5) is 24.9. The third kappa shape index (κ3) is 4.10. The van der Waals surface area contributed by atoms with Crippen LogP contribution in [0, 0.1) is 0 Å². The summed E-state index contributed by atoms with van der Waals surface area (Å²) in [6.07, 6.45) is 1.20. The van der Waals surface area contributed by atoms with Gasteiger partial charge in [-0.2, -0.15) is 0 Å². The van der Waals surface area contributed by atoms with Crippen LogP contribution in [0.5, 0.6) is 0 Å². The minimum atomic E-state index is -0.412. The summed E-state index contributed by atoms with van der Waals surface area (Å²) in [5.74, 6) is 0.337. The maximum absolute atomic E-state index is 12.6. The van der Waals surface area contributed by atoms with E-state index in [4.69, 9.17) is 9.15 Å². The third-order valence-electron chi connectivity index (χ3n) is 5.25. The fraction of sp³-hybridized carbons (Fsp3) is 0.333. The number of hydrogen-bond acceptors (Lipinski definition) is 4. The molecule has 1 N–H and O–H groups in total. The summed E-state index contributed by atoms with van der Waals surface area (Å²) in [5.41, 5.74) is 3.02. The van der Waals surface area contributed by atoms with Crippen molar-refractivity contribution in [1.29, 1.82) is 0 Å². The van der Waals surface area contributed by atoms with Gasteiger partial charge in [-0.1, -0.05) is 45.0 Å². The van der Waals surface area contributed by atoms with E-state index >= 15 is 0 Å². The van der Waals surface area contributed by atoms with Gasteiger partial charge in [-0.05, 0) is 36.0 Å². The number of benzene rings is 2. The van der Waals surface area contributed by atoms with E-state index < -0.39 is 6.10 Å². The van der Waals surface area contributed by atoms with Crippen LogP contribution in [0.25, 0.3) is 22.3 Å². The van der Waals surface area contributed by atoms with Crippen molar-refractivity contribution >= 4 is 22.6 Å². The predicted octanol–water partition coefficient (Wildman–Crippen LogP) is 4.88. The average molecular weight is 391 g/mol. The maximum atomic E-state index is 12.6. The zero-order valence-electron chi connectivity index (χ0n) is 17.0. The fourth-order valence-electron chi connectivity index (χ4n) is 3.52. The molecule has 1 aliphatic heterocycles. The molecule has 0 radical (unpaired) electrons. The lowest BCUT2D eigenvalue weighted by Crippen LogP contribution is -2.26. The largest absolute Gasteiger partial charge is 0.456 e. The number of carbonyl (C=O) groups excluding carboxylic acids is 1. The SMILES string of the molecule is CC(C)(C)c1ccc(-c2cc(=O)c3ccc(NC(=O)C4CCCO4)cc3o2)cc1. The first-order valence-electron chi connectivity index (χ1n) is 9.92. The van der Waals surface area contributed by atoms with Crippen molar-refractivity contribution < 1.29 is 13.9 Å². The summed E-state index contributed by atoms with van der Waals surface area (Å²) >= 11 is 0. The summed E-state index contributed by atoms with van der Waals surface area (Å²) in [5, 5.41) is 3.33. The molecule has 1 unspecified atom stereocenters. The Hall–Kier alpha value is -2.92. The second-order valence-corrected chi connectivity index (χ2v) is 8.50. The van der Waals surface area contributed by atoms with Gasteiger partial charge < -0.3 is 14.5 Å². The molecule has 0 spiro atoms. The number of hydrogen-bond donors (Lipinski definition) is 1. The van der Waals surface area contributed by atoms with E-state index in [1.54, 1.807) is 18.2 Å². The molecule has 2 heterocycles. The van der Waals surface area contributed by atoms with Gasteiger partial charge in [0.25, 0.3) is 5.91 Å². The molecule has 1 aromatic heterocycles. The normalized spacial score (nSPS) is 16.9. The lowest BCUT2D eigenvalue weighted by Gasteiger charge is -2.19. The van der Waals surface area contributed by atoms with Gasteiger partial charge in [-0.25, -0.2) is 0 Å². The molecule has 1 fully saturated rings. The smallest absolute Gasteiger partial charge is 0.253 e. The quantitative estimate of drug-likeness (QED) is 0.691. The third-order valence-corrected chi connectivity index (χ3v) is 5.25. The highest BCUT2D eigenvalue weighted by Gasteiger charge is 2.23. The van der Waals surface area contributed by atoms with Crippen LogP contribution >= 0.6 is 0 Å². The first-order chi connectivity index (χ1) is 13.8. The molecular formula is C24H25NO4. The van der Waals surface area contributed by atoms with Gasteiger partial charge >= 0.3 is 0 Å². The van der Waals surface area contributed by atoms with Crippen molar-refractivity contribution in [2.75, 3.05) is 11.9 Å². The molecule has 5 heteroatoms. The fourth-order valence-corrected chi connectivity index (χ4v) is 3.52. The Morgan fingerprint density at radius 1 is 1.07 bits per heavy atom. The van der Waals surface area contributed by atoms with Gasteiger partial charge in [-0.3, -0.25) is 9.59 Å². The molecule has 0 bridgehead atoms. The molecule has 4 rings (SSSR count). The molecule has 1 aliphatic rings. The second kappa shape index (κ2) is 7.48. The van der Waals surface area contributed by atoms with Crippen molar-refractivity contribution in [3.63, 3.8) is 0 Å². The summed E-state index contributed by atoms with van der Waals surface area (Å²) in [6.45, 7) is 7.09. The minimum absolute atomic E-state index is 0.0545. The van der Waals surface area contributed by atoms with Gasteiger partial charge in [0.15, 0.2) is 5.43 Å². The minimum Gasteiger partial charge on any atom is -0.456 e. The first kappa shape index (κ1) is 19.4. The number of rotatable bonds is 3. The summed E-state index contributed by atoms with van der Waals surface area (Å²) in [7, 11) is 0. The Labute approximate surface area is 169 Å². The molecule has 29 heavy (non-hydrogen) atoms. The highest BCUT2D eigenvalue weighted by Crippen LogP contribution is 2.28. The van der Waals surface area contributed by atoms with Crippen LogP contribution in [0.15, 0.2) is 57.7 Å². The molecule has 150 valence electrons. The summed E-state index contributed by atoms with van der Waals surface area (Å²) < 4.78 is 11.4. The van der Waals surface area contributed by atoms with Crippen LogP contribution in [0.3, 0.4) is 0 Å². The Bertz CT molecular complexity index is 1100. The molecule has 1 atom stereocenters. The van der Waals surface area contributed by atoms with Gasteiger partial charge in [-0.15, -0.1) is 0 Å². The van der Waals surface area contributed by atoms with E-state index in [9.17, 15) is 9.59 Å². The molecule has 1 amide bonds. The topological polar surface area (TPSA) is 68.5 Å². The van der Waals surface area contributed by atoms with E-state index in [1.807, 2.05) is 12.1 Å². The number of anilines is 1. The highest BCUT2D eigenvalue weighted by molar-refractivity contribution is 5.96. The Balaban J connectivity index is 1.66. The van der Waals surface area contributed by atoms with E-state index in [0.717, 1.165) is 18.4 Å². The Kier molecular flexibility index (Phi) is 5.01. The van der Waals surface area contributed by atoms with Gasteiger partial charge in [0.2, 0.25) is 0 Å². The number of carbonyl (C=O) groups is 1. The zero-order valence-corrected chi connectivity index (χ0v) is 17.0. The monoisotopic (exact) mass is 391 g/mol. The van der Waals surface area contributed by atoms with Crippen LogP contribution in [-0.2, 0) is 14.9 Å². The lowest BCUT2D eigenvalue weighted by molar-refractivity contribution is -0.124. The number of ether oxygens (including phenoxy) is 1. The average Bonchev–Trinajstić information content (AvgIpc) is 3.22. The number of nitrogens with one attached hydrogen (secondary N) is 1. The highest BCUT2D eigenvalue weighted by atomic mass is 16.5. The second-order valence-electron chi connectivity index (χ2n) is 8.50. The van der Waals surface area contributed by atoms with Crippen LogP contribution in [-0.4, -0.2) is 18.6 Å². The Morgan fingerprint density at radius 2 is 1.83 bits per heavy atom. The number of amides is 1. The van der Waals surface area contributed by atoms with E-state index in [-0.39, 0.29) is 16.8 Å². The molecule has 0 saturated carbocycles. The van der Waals surface area contributed by atoms with E-state index in [1.165, 1.54) is 11.6 Å². The zero-order chi connectivity index (χ0) is 20.6. The van der Waals surface area contributed by atoms with Crippen molar-refractivity contribution in [2.24, 2.45) is 0 Å². The molecular weight excluding hydrogens is 366 g/mol. The van der Waals surface area contributed by atoms with Crippen LogP contribution in [0.2, 0.25) is 0 Å². The molecule has 3 aromatic rings. The molecule has 0 aliphatic carbocycles. The van der Waals surface area contributed by atoms with E-state index in [0.29, 0.717) is 29.0 Å². The standard InChI is InChI=1S/C24H25NO4/c1-24(2,3)16-8-6-15(7-9-16)21-14-19(26)18-11-10-17(13-22(18)29-21)25-23(27)20-5-4-12-28-20/h6-11,13-14,20H,4-5,12H2,1-3H3,(H,25,27). The Morgan fingerprint density at radius 3 is 2.48 bits per heavy atom. The van der Waals surface area contributed by atoms with Crippen molar-refractivity contribution in [1.82, 2.24) is 0 Å². The maximum Gasteiger partial charge on any atom is 0.253 e. The van der Waals surface area contributed by atoms with Crippen LogP contribution in [0.1, 0.15) is 39.2 Å². The van der Waals surface area contributed by atoms with E-state index in [2.05, 4.69) is 38.2 Å². The first-order valence-corrected chi connectivity index (χ1v) is 9.92. The molecule has 5 nitrogen and oxygen atoms in total. The van der Waals surface area contributed by atoms with Crippen molar-refractivity contribution in [2.45, 2.75) is 45.1 Å². The van der Waals surface area contributed by atoms with Crippen molar-refractivity contribution in [3.05, 3.63) is 64.3 Å².